The minimum Gasteiger partial charge on any atom is -0.494 e. The van der Waals surface area contributed by atoms with E-state index in [0.29, 0.717) is 36.4 Å². The van der Waals surface area contributed by atoms with Gasteiger partial charge < -0.3 is 19.3 Å². The molecule has 4 rings (SSSR count). The first-order chi connectivity index (χ1) is 18.7. The van der Waals surface area contributed by atoms with Crippen molar-refractivity contribution < 1.29 is 36.9 Å². The van der Waals surface area contributed by atoms with Crippen molar-refractivity contribution in [3.8, 4) is 17.2 Å². The molecule has 2 aromatic carbocycles. The molecule has 0 spiro atoms. The molecule has 1 saturated heterocycles. The molecule has 4 atom stereocenters. The Labute approximate surface area is 230 Å². The van der Waals surface area contributed by atoms with Gasteiger partial charge in [0, 0.05) is 25.0 Å². The summed E-state index contributed by atoms with van der Waals surface area (Å²) in [5, 5.41) is 10.0. The zero-order chi connectivity index (χ0) is 28.2. The Morgan fingerprint density at radius 2 is 1.85 bits per heavy atom. The van der Waals surface area contributed by atoms with Crippen LogP contribution in [0.5, 0.6) is 17.2 Å². The molecule has 0 aromatic heterocycles. The number of aliphatic carboxylic acids is 1. The lowest BCUT2D eigenvalue weighted by Crippen LogP contribution is -2.35. The van der Waals surface area contributed by atoms with Crippen molar-refractivity contribution in [3.05, 3.63) is 53.3 Å². The predicted octanol–water partition coefficient (Wildman–Crippen LogP) is 5.18. The summed E-state index contributed by atoms with van der Waals surface area (Å²) < 4.78 is 57.6. The van der Waals surface area contributed by atoms with Crippen LogP contribution >= 0.6 is 0 Å². The van der Waals surface area contributed by atoms with Crippen molar-refractivity contribution in [2.45, 2.75) is 63.2 Å². The Bertz CT molecular complexity index is 1270. The molecule has 2 aliphatic heterocycles. The lowest BCUT2D eigenvalue weighted by atomic mass is 9.82. The molecular weight excluding hydrogens is 525 g/mol. The largest absolute Gasteiger partial charge is 0.494 e. The highest BCUT2D eigenvalue weighted by Gasteiger charge is 2.48. The van der Waals surface area contributed by atoms with Gasteiger partial charge in [0.05, 0.1) is 24.0 Å². The Balaban J connectivity index is 1.68. The number of fused-ring (bicyclic) bond motifs is 1. The molecule has 0 saturated carbocycles. The number of sulfone groups is 1. The third-order valence-corrected chi connectivity index (χ3v) is 10.1. The normalized spacial score (nSPS) is 21.7. The fourth-order valence-corrected chi connectivity index (χ4v) is 7.82. The third-order valence-electron chi connectivity index (χ3n) is 7.89. The van der Waals surface area contributed by atoms with Crippen molar-refractivity contribution in [2.75, 3.05) is 32.7 Å². The van der Waals surface area contributed by atoms with Gasteiger partial charge in [-0.2, -0.15) is 0 Å². The number of rotatable bonds is 13. The van der Waals surface area contributed by atoms with Crippen molar-refractivity contribution in [1.82, 2.24) is 4.90 Å². The van der Waals surface area contributed by atoms with E-state index < -0.39 is 44.8 Å². The monoisotopic (exact) mass is 563 g/mol. The van der Waals surface area contributed by atoms with Crippen LogP contribution in [0.2, 0.25) is 0 Å². The van der Waals surface area contributed by atoms with Crippen LogP contribution in [0.25, 0.3) is 0 Å². The minimum atomic E-state index is -3.42. The van der Waals surface area contributed by atoms with Gasteiger partial charge in [-0.3, -0.25) is 9.69 Å². The maximum atomic E-state index is 14.8. The van der Waals surface area contributed by atoms with Crippen LogP contribution in [0.15, 0.2) is 36.4 Å². The average Bonchev–Trinajstić information content (AvgIpc) is 3.54. The summed E-state index contributed by atoms with van der Waals surface area (Å²) in [6.45, 7) is 4.58. The van der Waals surface area contributed by atoms with E-state index in [9.17, 15) is 22.7 Å². The number of likely N-dealkylation sites (tertiary alicyclic amines) is 1. The number of carbonyl (C=O) groups is 1. The van der Waals surface area contributed by atoms with Gasteiger partial charge in [-0.1, -0.05) is 45.2 Å². The van der Waals surface area contributed by atoms with E-state index in [4.69, 9.17) is 14.2 Å². The first kappa shape index (κ1) is 29.1. The zero-order valence-corrected chi connectivity index (χ0v) is 23.6. The highest BCUT2D eigenvalue weighted by atomic mass is 32.2. The van der Waals surface area contributed by atoms with Crippen LogP contribution in [0.4, 0.5) is 4.39 Å². The van der Waals surface area contributed by atoms with E-state index in [1.54, 1.807) is 18.2 Å². The number of carboxylic acid groups (broad SMARTS) is 1. The van der Waals surface area contributed by atoms with Crippen molar-refractivity contribution >= 4 is 15.8 Å². The highest BCUT2D eigenvalue weighted by molar-refractivity contribution is 7.92. The fourth-order valence-electron chi connectivity index (χ4n) is 5.87. The maximum Gasteiger partial charge on any atom is 0.309 e. The molecule has 10 heteroatoms. The summed E-state index contributed by atoms with van der Waals surface area (Å²) in [4.78, 5) is 14.6. The molecule has 2 heterocycles. The van der Waals surface area contributed by atoms with Crippen molar-refractivity contribution in [2.24, 2.45) is 5.92 Å². The van der Waals surface area contributed by atoms with E-state index in [2.05, 4.69) is 0 Å². The van der Waals surface area contributed by atoms with Crippen LogP contribution < -0.4 is 14.2 Å². The predicted molar refractivity (Wildman–Crippen MR) is 146 cm³/mol. The number of carboxylic acids is 1. The molecule has 0 aliphatic carbocycles. The topological polar surface area (TPSA) is 102 Å². The fraction of sp³-hybridized carbons (Fsp3) is 0.552. The lowest BCUT2D eigenvalue weighted by Gasteiger charge is -2.28. The van der Waals surface area contributed by atoms with E-state index in [1.165, 1.54) is 19.2 Å². The highest BCUT2D eigenvalue weighted by Crippen LogP contribution is 2.48. The summed E-state index contributed by atoms with van der Waals surface area (Å²) in [5.41, 5.74) is 1.22. The molecular formula is C29H38FNO7S. The van der Waals surface area contributed by atoms with Crippen LogP contribution in [0, 0.1) is 11.7 Å². The van der Waals surface area contributed by atoms with Crippen LogP contribution in [-0.4, -0.2) is 62.4 Å². The molecule has 8 nitrogen and oxygen atoms in total. The molecule has 0 amide bonds. The molecule has 1 fully saturated rings. The molecule has 39 heavy (non-hydrogen) atoms. The summed E-state index contributed by atoms with van der Waals surface area (Å²) >= 11 is 0. The van der Waals surface area contributed by atoms with Crippen LogP contribution in [-0.2, 0) is 14.6 Å². The Morgan fingerprint density at radius 1 is 1.10 bits per heavy atom. The molecule has 2 aliphatic rings. The summed E-state index contributed by atoms with van der Waals surface area (Å²) in [7, 11) is -2.05. The molecule has 0 radical (unpaired) electrons. The minimum absolute atomic E-state index is 0.0587. The van der Waals surface area contributed by atoms with E-state index in [1.807, 2.05) is 24.8 Å². The molecule has 1 N–H and O–H groups in total. The van der Waals surface area contributed by atoms with Gasteiger partial charge in [-0.15, -0.1) is 0 Å². The number of methoxy groups -OCH3 is 1. The molecule has 214 valence electrons. The number of benzene rings is 2. The lowest BCUT2D eigenvalue weighted by molar-refractivity contribution is -0.143. The van der Waals surface area contributed by atoms with Gasteiger partial charge in [-0.05, 0) is 48.2 Å². The van der Waals surface area contributed by atoms with Crippen LogP contribution in [0.1, 0.15) is 69.0 Å². The van der Waals surface area contributed by atoms with Gasteiger partial charge in [0.15, 0.2) is 32.9 Å². The van der Waals surface area contributed by atoms with Crippen LogP contribution in [0.3, 0.4) is 0 Å². The SMILES string of the molecule is CCCCC(CCC)S(=O)(=O)CCN1C[C@H](c2ccc3c(c2)OCO3)[C@@H](C(=O)O)[C@H]1c1ccc(OC)c(F)c1. The first-order valence-electron chi connectivity index (χ1n) is 13.6. The van der Waals surface area contributed by atoms with Crippen molar-refractivity contribution in [3.63, 3.8) is 0 Å². The van der Waals surface area contributed by atoms with E-state index in [0.717, 1.165) is 24.8 Å². The Morgan fingerprint density at radius 3 is 2.51 bits per heavy atom. The van der Waals surface area contributed by atoms with E-state index >= 15 is 0 Å². The number of nitrogens with zero attached hydrogens (tertiary/aromatic N) is 1. The van der Waals surface area contributed by atoms with Gasteiger partial charge in [-0.25, -0.2) is 12.8 Å². The number of ether oxygens (including phenoxy) is 3. The second-order valence-corrected chi connectivity index (χ2v) is 12.7. The van der Waals surface area contributed by atoms with Gasteiger partial charge in [0.1, 0.15) is 0 Å². The number of hydrogen-bond donors (Lipinski definition) is 1. The third kappa shape index (κ3) is 6.32. The van der Waals surface area contributed by atoms with Gasteiger partial charge in [0.2, 0.25) is 6.79 Å². The number of halogens is 1. The summed E-state index contributed by atoms with van der Waals surface area (Å²) in [5.74, 6) is -1.93. The smallest absolute Gasteiger partial charge is 0.309 e. The second kappa shape index (κ2) is 12.6. The van der Waals surface area contributed by atoms with Crippen molar-refractivity contribution in [1.29, 1.82) is 0 Å². The summed E-state index contributed by atoms with van der Waals surface area (Å²) in [6.07, 6.45) is 3.77. The summed E-state index contributed by atoms with van der Waals surface area (Å²) in [6, 6.07) is 9.08. The standard InChI is InChI=1S/C29H38FNO7S/c1-4-6-8-21(7-5-2)39(34,35)14-13-31-17-22(19-9-12-25-26(16-19)38-18-37-25)27(29(32)33)28(31)20-10-11-24(36-3)23(30)15-20/h9-12,15-16,21-22,27-28H,4-8,13-14,17-18H2,1-3H3,(H,32,33)/t21?,22-,27-,28-/m1/s1. The first-order valence-corrected chi connectivity index (χ1v) is 15.3. The average molecular weight is 564 g/mol. The maximum absolute atomic E-state index is 14.8. The number of hydrogen-bond acceptors (Lipinski definition) is 7. The quantitative estimate of drug-likeness (QED) is 0.356. The second-order valence-electron chi connectivity index (χ2n) is 10.3. The Hall–Kier alpha value is -2.85. The molecule has 2 aromatic rings. The van der Waals surface area contributed by atoms with Gasteiger partial charge in [0.25, 0.3) is 0 Å². The van der Waals surface area contributed by atoms with E-state index in [-0.39, 0.29) is 24.8 Å². The molecule has 0 bridgehead atoms. The van der Waals surface area contributed by atoms with Gasteiger partial charge >= 0.3 is 5.97 Å². The Kier molecular flexibility index (Phi) is 9.38. The zero-order valence-electron chi connectivity index (χ0n) is 22.8. The number of unbranched alkanes of at least 4 members (excludes halogenated alkanes) is 1. The molecule has 1 unspecified atom stereocenters.